The molecule has 0 spiro atoms. The lowest BCUT2D eigenvalue weighted by atomic mass is 10.1. The predicted octanol–water partition coefficient (Wildman–Crippen LogP) is 1.40. The van der Waals surface area contributed by atoms with Crippen molar-refractivity contribution in [2.75, 3.05) is 36.4 Å². The zero-order chi connectivity index (χ0) is 16.9. The number of carbonyl (C=O) groups excluding carboxylic acids is 2. The average Bonchev–Trinajstić information content (AvgIpc) is 2.62. The van der Waals surface area contributed by atoms with Crippen LogP contribution in [0, 0.1) is 0 Å². The Hall–Kier alpha value is -2.96. The van der Waals surface area contributed by atoms with Crippen molar-refractivity contribution >= 4 is 23.3 Å². The van der Waals surface area contributed by atoms with Crippen LogP contribution in [0.4, 0.5) is 11.5 Å². The van der Waals surface area contributed by atoms with Crippen LogP contribution in [0.5, 0.6) is 0 Å². The van der Waals surface area contributed by atoms with E-state index in [0.717, 1.165) is 18.9 Å². The highest BCUT2D eigenvalue weighted by Gasteiger charge is 2.22. The minimum Gasteiger partial charge on any atom is -0.352 e. The van der Waals surface area contributed by atoms with E-state index in [1.165, 1.54) is 6.92 Å². The van der Waals surface area contributed by atoms with Gasteiger partial charge in [0.05, 0.1) is 0 Å². The third-order valence-corrected chi connectivity index (χ3v) is 3.90. The monoisotopic (exact) mass is 325 g/mol. The molecule has 7 heteroatoms. The molecule has 1 saturated heterocycles. The predicted molar refractivity (Wildman–Crippen MR) is 90.9 cm³/mol. The Balaban J connectivity index is 1.60. The average molecular weight is 325 g/mol. The number of piperazine rings is 1. The largest absolute Gasteiger partial charge is 0.352 e. The normalized spacial score (nSPS) is 14.4. The molecule has 0 atom stereocenters. The van der Waals surface area contributed by atoms with Crippen LogP contribution in [-0.4, -0.2) is 53.1 Å². The van der Waals surface area contributed by atoms with E-state index in [0.29, 0.717) is 24.3 Å². The molecule has 7 nitrogen and oxygen atoms in total. The molecular weight excluding hydrogens is 306 g/mol. The number of amides is 2. The summed E-state index contributed by atoms with van der Waals surface area (Å²) in [6, 6.07) is 10.7. The van der Waals surface area contributed by atoms with Crippen LogP contribution in [0.1, 0.15) is 17.3 Å². The first-order valence-electron chi connectivity index (χ1n) is 7.83. The van der Waals surface area contributed by atoms with Gasteiger partial charge in [0, 0.05) is 50.6 Å². The molecule has 124 valence electrons. The van der Waals surface area contributed by atoms with Crippen LogP contribution in [-0.2, 0) is 4.79 Å². The second kappa shape index (κ2) is 7.08. The van der Waals surface area contributed by atoms with Gasteiger partial charge in [-0.15, -0.1) is 5.10 Å². The van der Waals surface area contributed by atoms with Gasteiger partial charge in [0.1, 0.15) is 0 Å². The molecule has 24 heavy (non-hydrogen) atoms. The molecule has 0 radical (unpaired) electrons. The number of hydrogen-bond donors (Lipinski definition) is 1. The summed E-state index contributed by atoms with van der Waals surface area (Å²) in [6.07, 6.45) is 1.65. The van der Waals surface area contributed by atoms with Crippen LogP contribution in [0.2, 0.25) is 0 Å². The lowest BCUT2D eigenvalue weighted by Crippen LogP contribution is -2.49. The standard InChI is InChI=1S/C17H19N5O2/c1-13(23)19-15-6-4-14(5-7-15)17(24)22-11-9-21(10-12-22)16-3-2-8-18-20-16/h2-8H,9-12H2,1H3,(H,19,23). The Morgan fingerprint density at radius 3 is 2.33 bits per heavy atom. The summed E-state index contributed by atoms with van der Waals surface area (Å²) in [5.41, 5.74) is 1.31. The van der Waals surface area contributed by atoms with Crippen molar-refractivity contribution in [2.24, 2.45) is 0 Å². The molecule has 3 rings (SSSR count). The molecule has 1 fully saturated rings. The Kier molecular flexibility index (Phi) is 4.69. The lowest BCUT2D eigenvalue weighted by Gasteiger charge is -2.35. The van der Waals surface area contributed by atoms with Crippen molar-refractivity contribution in [2.45, 2.75) is 6.92 Å². The molecule has 1 N–H and O–H groups in total. The number of aromatic nitrogens is 2. The Morgan fingerprint density at radius 1 is 1.04 bits per heavy atom. The van der Waals surface area contributed by atoms with E-state index in [4.69, 9.17) is 0 Å². The van der Waals surface area contributed by atoms with Crippen LogP contribution < -0.4 is 10.2 Å². The highest BCUT2D eigenvalue weighted by molar-refractivity contribution is 5.95. The number of benzene rings is 1. The number of nitrogens with zero attached hydrogens (tertiary/aromatic N) is 4. The fourth-order valence-electron chi connectivity index (χ4n) is 2.68. The summed E-state index contributed by atoms with van der Waals surface area (Å²) >= 11 is 0. The molecule has 0 saturated carbocycles. The molecule has 0 aliphatic carbocycles. The summed E-state index contributed by atoms with van der Waals surface area (Å²) in [7, 11) is 0. The fraction of sp³-hybridized carbons (Fsp3) is 0.294. The van der Waals surface area contributed by atoms with E-state index in [-0.39, 0.29) is 11.8 Å². The van der Waals surface area contributed by atoms with Crippen LogP contribution in [0.25, 0.3) is 0 Å². The zero-order valence-corrected chi connectivity index (χ0v) is 13.5. The van der Waals surface area contributed by atoms with Crippen molar-refractivity contribution < 1.29 is 9.59 Å². The molecule has 2 aromatic rings. The van der Waals surface area contributed by atoms with Gasteiger partial charge >= 0.3 is 0 Å². The highest BCUT2D eigenvalue weighted by atomic mass is 16.2. The lowest BCUT2D eigenvalue weighted by molar-refractivity contribution is -0.114. The van der Waals surface area contributed by atoms with E-state index in [1.807, 2.05) is 17.0 Å². The van der Waals surface area contributed by atoms with Gasteiger partial charge in [-0.1, -0.05) is 0 Å². The minimum atomic E-state index is -0.130. The summed E-state index contributed by atoms with van der Waals surface area (Å²) in [4.78, 5) is 27.6. The smallest absolute Gasteiger partial charge is 0.253 e. The van der Waals surface area contributed by atoms with Crippen molar-refractivity contribution in [1.29, 1.82) is 0 Å². The summed E-state index contributed by atoms with van der Waals surface area (Å²) in [6.45, 7) is 4.20. The number of hydrogen-bond acceptors (Lipinski definition) is 5. The first-order chi connectivity index (χ1) is 11.6. The van der Waals surface area contributed by atoms with Crippen LogP contribution in [0.3, 0.4) is 0 Å². The van der Waals surface area contributed by atoms with Gasteiger partial charge in [-0.05, 0) is 36.4 Å². The van der Waals surface area contributed by atoms with Gasteiger partial charge < -0.3 is 15.1 Å². The number of carbonyl (C=O) groups is 2. The van der Waals surface area contributed by atoms with E-state index in [1.54, 1.807) is 30.5 Å². The number of nitrogens with one attached hydrogen (secondary N) is 1. The molecule has 1 aliphatic heterocycles. The molecule has 0 bridgehead atoms. The second-order valence-corrected chi connectivity index (χ2v) is 5.62. The molecular formula is C17H19N5O2. The summed E-state index contributed by atoms with van der Waals surface area (Å²) in [5.74, 6) is 0.710. The molecule has 1 aliphatic rings. The SMILES string of the molecule is CC(=O)Nc1ccc(C(=O)N2CCN(c3cccnn3)CC2)cc1. The third-order valence-electron chi connectivity index (χ3n) is 3.90. The quantitative estimate of drug-likeness (QED) is 0.923. The summed E-state index contributed by atoms with van der Waals surface area (Å²) < 4.78 is 0. The Morgan fingerprint density at radius 2 is 1.75 bits per heavy atom. The maximum absolute atomic E-state index is 12.6. The first kappa shape index (κ1) is 15.9. The minimum absolute atomic E-state index is 0.00294. The van der Waals surface area contributed by atoms with E-state index in [2.05, 4.69) is 20.4 Å². The number of rotatable bonds is 3. The molecule has 1 aromatic carbocycles. The van der Waals surface area contributed by atoms with Gasteiger partial charge in [0.25, 0.3) is 5.91 Å². The van der Waals surface area contributed by atoms with Crippen molar-refractivity contribution in [3.63, 3.8) is 0 Å². The summed E-state index contributed by atoms with van der Waals surface area (Å²) in [5, 5.41) is 10.7. The van der Waals surface area contributed by atoms with Gasteiger partial charge in [0.2, 0.25) is 5.91 Å². The molecule has 1 aromatic heterocycles. The van der Waals surface area contributed by atoms with Crippen molar-refractivity contribution in [3.8, 4) is 0 Å². The highest BCUT2D eigenvalue weighted by Crippen LogP contribution is 2.15. The fourth-order valence-corrected chi connectivity index (χ4v) is 2.68. The van der Waals surface area contributed by atoms with Crippen LogP contribution >= 0.6 is 0 Å². The van der Waals surface area contributed by atoms with Crippen molar-refractivity contribution in [1.82, 2.24) is 15.1 Å². The molecule has 0 unspecified atom stereocenters. The zero-order valence-electron chi connectivity index (χ0n) is 13.5. The Labute approximate surface area is 140 Å². The topological polar surface area (TPSA) is 78.4 Å². The first-order valence-corrected chi connectivity index (χ1v) is 7.83. The van der Waals surface area contributed by atoms with Crippen LogP contribution in [0.15, 0.2) is 42.6 Å². The van der Waals surface area contributed by atoms with E-state index < -0.39 is 0 Å². The number of anilines is 2. The Bertz CT molecular complexity index is 710. The van der Waals surface area contributed by atoms with Crippen molar-refractivity contribution in [3.05, 3.63) is 48.2 Å². The second-order valence-electron chi connectivity index (χ2n) is 5.62. The van der Waals surface area contributed by atoms with Gasteiger partial charge in [0.15, 0.2) is 5.82 Å². The van der Waals surface area contributed by atoms with E-state index >= 15 is 0 Å². The molecule has 2 heterocycles. The van der Waals surface area contributed by atoms with Gasteiger partial charge in [-0.2, -0.15) is 5.10 Å². The molecule has 2 amide bonds. The van der Waals surface area contributed by atoms with Gasteiger partial charge in [-0.25, -0.2) is 0 Å². The van der Waals surface area contributed by atoms with E-state index in [9.17, 15) is 9.59 Å². The third kappa shape index (κ3) is 3.68. The maximum Gasteiger partial charge on any atom is 0.253 e. The maximum atomic E-state index is 12.6. The van der Waals surface area contributed by atoms with Gasteiger partial charge in [-0.3, -0.25) is 9.59 Å².